The molecular weight excluding hydrogens is 424 g/mol. The first-order valence-corrected chi connectivity index (χ1v) is 11.3. The Morgan fingerprint density at radius 2 is 1.69 bits per heavy atom. The highest BCUT2D eigenvalue weighted by molar-refractivity contribution is 7.18. The number of nitrogens with zero attached hydrogens (tertiary/aromatic N) is 2. The fourth-order valence-electron chi connectivity index (χ4n) is 3.61. The summed E-state index contributed by atoms with van der Waals surface area (Å²) >= 11 is 1.46. The molecule has 0 amide bonds. The summed E-state index contributed by atoms with van der Waals surface area (Å²) in [5, 5.41) is 1.07. The molecule has 2 aromatic heterocycles. The maximum absolute atomic E-state index is 12.9. The van der Waals surface area contributed by atoms with Crippen LogP contribution in [0.25, 0.3) is 22.6 Å². The van der Waals surface area contributed by atoms with Crippen LogP contribution in [-0.2, 0) is 16.1 Å². The van der Waals surface area contributed by atoms with Crippen molar-refractivity contribution in [1.29, 1.82) is 0 Å². The lowest BCUT2D eigenvalue weighted by molar-refractivity contribution is 0.0473. The molecule has 1 fully saturated rings. The van der Waals surface area contributed by atoms with Crippen LogP contribution in [-0.4, -0.2) is 37.3 Å². The SMILES string of the molecule is O=C(OCc1coc(-c2ccccc2)n1)c1cc(-c2ccccc2)c(N2CCOCC2)s1. The zero-order valence-electron chi connectivity index (χ0n) is 17.4. The number of rotatable bonds is 6. The van der Waals surface area contributed by atoms with Crippen molar-refractivity contribution in [1.82, 2.24) is 4.98 Å². The van der Waals surface area contributed by atoms with Gasteiger partial charge in [-0.05, 0) is 23.8 Å². The van der Waals surface area contributed by atoms with Gasteiger partial charge in [-0.25, -0.2) is 9.78 Å². The number of thiophene rings is 1. The van der Waals surface area contributed by atoms with Gasteiger partial charge in [0.2, 0.25) is 5.89 Å². The molecule has 2 aromatic carbocycles. The number of anilines is 1. The summed E-state index contributed by atoms with van der Waals surface area (Å²) in [7, 11) is 0. The number of carbonyl (C=O) groups is 1. The predicted molar refractivity (Wildman–Crippen MR) is 124 cm³/mol. The first-order valence-electron chi connectivity index (χ1n) is 10.5. The maximum Gasteiger partial charge on any atom is 0.348 e. The number of morpholine rings is 1. The average molecular weight is 447 g/mol. The predicted octanol–water partition coefficient (Wildman–Crippen LogP) is 5.26. The van der Waals surface area contributed by atoms with Gasteiger partial charge < -0.3 is 18.8 Å². The second kappa shape index (κ2) is 9.38. The lowest BCUT2D eigenvalue weighted by Crippen LogP contribution is -2.35. The maximum atomic E-state index is 12.9. The summed E-state index contributed by atoms with van der Waals surface area (Å²) in [5.41, 5.74) is 3.57. The van der Waals surface area contributed by atoms with Crippen molar-refractivity contribution in [3.05, 3.63) is 83.6 Å². The molecular formula is C25H22N2O4S. The molecule has 1 aliphatic heterocycles. The van der Waals surface area contributed by atoms with E-state index in [4.69, 9.17) is 13.9 Å². The van der Waals surface area contributed by atoms with Crippen LogP contribution < -0.4 is 4.90 Å². The summed E-state index contributed by atoms with van der Waals surface area (Å²) in [4.78, 5) is 20.1. The second-order valence-electron chi connectivity index (χ2n) is 7.38. The number of hydrogen-bond donors (Lipinski definition) is 0. The first-order chi connectivity index (χ1) is 15.8. The van der Waals surface area contributed by atoms with Crippen molar-refractivity contribution >= 4 is 22.3 Å². The third-order valence-electron chi connectivity index (χ3n) is 5.22. The number of carbonyl (C=O) groups excluding carboxylic acids is 1. The van der Waals surface area contributed by atoms with Gasteiger partial charge in [0.05, 0.1) is 18.2 Å². The summed E-state index contributed by atoms with van der Waals surface area (Å²) in [6.07, 6.45) is 1.53. The van der Waals surface area contributed by atoms with Crippen LogP contribution in [0.2, 0.25) is 0 Å². The van der Waals surface area contributed by atoms with Crippen molar-refractivity contribution in [2.24, 2.45) is 0 Å². The van der Waals surface area contributed by atoms with Gasteiger partial charge in [-0.15, -0.1) is 11.3 Å². The molecule has 0 spiro atoms. The molecule has 5 rings (SSSR count). The molecule has 0 bridgehead atoms. The Bertz CT molecular complexity index is 1180. The number of benzene rings is 2. The number of oxazole rings is 1. The lowest BCUT2D eigenvalue weighted by Gasteiger charge is -2.28. The van der Waals surface area contributed by atoms with E-state index in [1.165, 1.54) is 17.6 Å². The summed E-state index contributed by atoms with van der Waals surface area (Å²) in [5.74, 6) is 0.143. The second-order valence-corrected chi connectivity index (χ2v) is 8.41. The highest BCUT2D eigenvalue weighted by Crippen LogP contribution is 2.39. The highest BCUT2D eigenvalue weighted by atomic mass is 32.1. The van der Waals surface area contributed by atoms with Crippen molar-refractivity contribution in [3.63, 3.8) is 0 Å². The van der Waals surface area contributed by atoms with Crippen LogP contribution in [0.1, 0.15) is 15.4 Å². The van der Waals surface area contributed by atoms with E-state index in [1.807, 2.05) is 54.6 Å². The van der Waals surface area contributed by atoms with Gasteiger partial charge in [0.25, 0.3) is 0 Å². The van der Waals surface area contributed by atoms with E-state index >= 15 is 0 Å². The topological polar surface area (TPSA) is 64.8 Å². The number of esters is 1. The van der Waals surface area contributed by atoms with Crippen molar-refractivity contribution in [2.75, 3.05) is 31.2 Å². The number of hydrogen-bond acceptors (Lipinski definition) is 7. The van der Waals surface area contributed by atoms with Gasteiger partial charge >= 0.3 is 5.97 Å². The molecule has 32 heavy (non-hydrogen) atoms. The quantitative estimate of drug-likeness (QED) is 0.376. The van der Waals surface area contributed by atoms with Crippen LogP contribution in [0.15, 0.2) is 77.4 Å². The Morgan fingerprint density at radius 1 is 1.00 bits per heavy atom. The van der Waals surface area contributed by atoms with Gasteiger partial charge in [-0.2, -0.15) is 0 Å². The fraction of sp³-hybridized carbons (Fsp3) is 0.200. The van der Waals surface area contributed by atoms with Crippen LogP contribution in [0, 0.1) is 0 Å². The normalized spacial score (nSPS) is 13.8. The van der Waals surface area contributed by atoms with E-state index in [-0.39, 0.29) is 12.6 Å². The molecule has 0 N–H and O–H groups in total. The highest BCUT2D eigenvalue weighted by Gasteiger charge is 2.23. The summed E-state index contributed by atoms with van der Waals surface area (Å²) in [6.45, 7) is 3.02. The smallest absolute Gasteiger partial charge is 0.348 e. The lowest BCUT2D eigenvalue weighted by atomic mass is 10.1. The van der Waals surface area contributed by atoms with E-state index < -0.39 is 0 Å². The Balaban J connectivity index is 1.33. The van der Waals surface area contributed by atoms with E-state index in [0.29, 0.717) is 29.7 Å². The van der Waals surface area contributed by atoms with E-state index in [9.17, 15) is 4.79 Å². The minimum absolute atomic E-state index is 0.0562. The molecule has 0 aliphatic carbocycles. The van der Waals surface area contributed by atoms with Gasteiger partial charge in [0.15, 0.2) is 0 Å². The fourth-order valence-corrected chi connectivity index (χ4v) is 4.73. The third-order valence-corrected chi connectivity index (χ3v) is 6.40. The molecule has 0 unspecified atom stereocenters. The van der Waals surface area contributed by atoms with E-state index in [0.717, 1.165) is 34.8 Å². The zero-order chi connectivity index (χ0) is 21.8. The molecule has 0 radical (unpaired) electrons. The summed E-state index contributed by atoms with van der Waals surface area (Å²) in [6, 6.07) is 21.7. The third kappa shape index (κ3) is 4.44. The van der Waals surface area contributed by atoms with E-state index in [2.05, 4.69) is 22.0 Å². The Hall–Kier alpha value is -3.42. The minimum atomic E-state index is -0.365. The Kier molecular flexibility index (Phi) is 6.00. The minimum Gasteiger partial charge on any atom is -0.455 e. The Labute approximate surface area is 190 Å². The number of ether oxygens (including phenoxy) is 2. The monoisotopic (exact) mass is 446 g/mol. The van der Waals surface area contributed by atoms with Crippen LogP contribution in [0.5, 0.6) is 0 Å². The van der Waals surface area contributed by atoms with Crippen molar-refractivity contribution in [2.45, 2.75) is 6.61 Å². The first kappa shape index (κ1) is 20.5. The Morgan fingerprint density at radius 3 is 2.41 bits per heavy atom. The van der Waals surface area contributed by atoms with Crippen molar-refractivity contribution in [3.8, 4) is 22.6 Å². The molecule has 162 valence electrons. The van der Waals surface area contributed by atoms with Crippen LogP contribution >= 0.6 is 11.3 Å². The number of aromatic nitrogens is 1. The van der Waals surface area contributed by atoms with E-state index in [1.54, 1.807) is 0 Å². The largest absolute Gasteiger partial charge is 0.455 e. The molecule has 0 atom stereocenters. The summed E-state index contributed by atoms with van der Waals surface area (Å²) < 4.78 is 16.6. The molecule has 6 nitrogen and oxygen atoms in total. The van der Waals surface area contributed by atoms with Crippen LogP contribution in [0.4, 0.5) is 5.00 Å². The zero-order valence-corrected chi connectivity index (χ0v) is 18.2. The molecule has 0 saturated carbocycles. The van der Waals surface area contributed by atoms with Gasteiger partial charge in [-0.3, -0.25) is 0 Å². The molecule has 4 aromatic rings. The molecule has 1 aliphatic rings. The van der Waals surface area contributed by atoms with Crippen molar-refractivity contribution < 1.29 is 18.7 Å². The van der Waals surface area contributed by atoms with Gasteiger partial charge in [-0.1, -0.05) is 48.5 Å². The van der Waals surface area contributed by atoms with Crippen LogP contribution in [0.3, 0.4) is 0 Å². The van der Waals surface area contributed by atoms with Gasteiger partial charge in [0.1, 0.15) is 23.4 Å². The molecule has 7 heteroatoms. The molecule has 1 saturated heterocycles. The molecule has 3 heterocycles. The average Bonchev–Trinajstić information content (AvgIpc) is 3.52. The standard InChI is InChI=1S/C25H22N2O4S/c28-25(31-17-20-16-30-23(26-20)19-9-5-2-6-10-19)22-15-21(18-7-3-1-4-8-18)24(32-22)27-11-13-29-14-12-27/h1-10,15-16H,11-14,17H2. The van der Waals surface area contributed by atoms with Gasteiger partial charge in [0, 0.05) is 24.2 Å².